The lowest BCUT2D eigenvalue weighted by Crippen LogP contribution is -2.35. The second kappa shape index (κ2) is 8.57. The third-order valence-corrected chi connectivity index (χ3v) is 3.24. The molecule has 0 heterocycles. The minimum atomic E-state index is 0.146. The monoisotopic (exact) mass is 228 g/mol. The molecule has 0 aromatic heterocycles. The molecule has 16 heavy (non-hydrogen) atoms. The van der Waals surface area contributed by atoms with E-state index in [1.165, 1.54) is 6.42 Å². The molecule has 3 N–H and O–H groups in total. The van der Waals surface area contributed by atoms with Gasteiger partial charge in [-0.2, -0.15) is 0 Å². The fraction of sp³-hybridized carbons (Fsp3) is 0.923. The highest BCUT2D eigenvalue weighted by atomic mass is 16.1. The Hall–Kier alpha value is -0.570. The van der Waals surface area contributed by atoms with Crippen LogP contribution in [0.5, 0.6) is 0 Å². The minimum absolute atomic E-state index is 0.146. The van der Waals surface area contributed by atoms with E-state index in [0.717, 1.165) is 12.8 Å². The zero-order chi connectivity index (χ0) is 12.6. The van der Waals surface area contributed by atoms with Crippen LogP contribution in [0, 0.1) is 11.8 Å². The fourth-order valence-electron chi connectivity index (χ4n) is 1.82. The van der Waals surface area contributed by atoms with E-state index in [1.54, 1.807) is 0 Å². The molecule has 0 saturated heterocycles. The van der Waals surface area contributed by atoms with Crippen LogP contribution < -0.4 is 11.1 Å². The first kappa shape index (κ1) is 15.4. The molecule has 0 fully saturated rings. The Bertz CT molecular complexity index is 190. The highest BCUT2D eigenvalue weighted by Crippen LogP contribution is 2.10. The van der Waals surface area contributed by atoms with Crippen LogP contribution in [0.3, 0.4) is 0 Å². The quantitative estimate of drug-likeness (QED) is 0.670. The molecule has 0 aliphatic carbocycles. The van der Waals surface area contributed by atoms with E-state index in [4.69, 9.17) is 5.73 Å². The van der Waals surface area contributed by atoms with Crippen LogP contribution in [0.2, 0.25) is 0 Å². The van der Waals surface area contributed by atoms with Crippen LogP contribution >= 0.6 is 0 Å². The number of nitrogens with two attached hydrogens (primary N) is 1. The summed E-state index contributed by atoms with van der Waals surface area (Å²) in [5.41, 5.74) is 5.58. The van der Waals surface area contributed by atoms with Crippen molar-refractivity contribution in [3.8, 4) is 0 Å². The van der Waals surface area contributed by atoms with Crippen LogP contribution in [-0.4, -0.2) is 18.5 Å². The third-order valence-electron chi connectivity index (χ3n) is 3.24. The van der Waals surface area contributed by atoms with E-state index in [-0.39, 0.29) is 11.9 Å². The first-order valence-electron chi connectivity index (χ1n) is 6.52. The van der Waals surface area contributed by atoms with Crippen molar-refractivity contribution in [3.05, 3.63) is 0 Å². The van der Waals surface area contributed by atoms with E-state index in [2.05, 4.69) is 33.0 Å². The zero-order valence-corrected chi connectivity index (χ0v) is 11.3. The lowest BCUT2D eigenvalue weighted by molar-refractivity contribution is -0.122. The Labute approximate surface area is 100 Å². The largest absolute Gasteiger partial charge is 0.354 e. The predicted molar refractivity (Wildman–Crippen MR) is 69.1 cm³/mol. The number of carbonyl (C=O) groups is 1. The van der Waals surface area contributed by atoms with E-state index in [0.29, 0.717) is 24.8 Å². The standard InChI is InChI=1S/C13H28N2O/c1-5-10(3)7-11(4)15-13(16)8-12(6-2)9-14/h10-12H,5-9,14H2,1-4H3,(H,15,16). The molecule has 3 atom stereocenters. The van der Waals surface area contributed by atoms with Crippen LogP contribution in [0.25, 0.3) is 0 Å². The van der Waals surface area contributed by atoms with E-state index in [9.17, 15) is 4.79 Å². The van der Waals surface area contributed by atoms with Gasteiger partial charge in [-0.05, 0) is 31.7 Å². The minimum Gasteiger partial charge on any atom is -0.354 e. The molecule has 0 saturated carbocycles. The van der Waals surface area contributed by atoms with Crippen LogP contribution in [0.1, 0.15) is 53.4 Å². The molecular weight excluding hydrogens is 200 g/mol. The summed E-state index contributed by atoms with van der Waals surface area (Å²) in [6.45, 7) is 9.16. The molecule has 0 aromatic carbocycles. The summed E-state index contributed by atoms with van der Waals surface area (Å²) in [5, 5.41) is 3.05. The van der Waals surface area contributed by atoms with Gasteiger partial charge in [-0.3, -0.25) is 4.79 Å². The highest BCUT2D eigenvalue weighted by molar-refractivity contribution is 5.76. The van der Waals surface area contributed by atoms with Crippen LogP contribution in [-0.2, 0) is 4.79 Å². The summed E-state index contributed by atoms with van der Waals surface area (Å²) in [4.78, 5) is 11.7. The molecule has 3 heteroatoms. The average Bonchev–Trinajstić information content (AvgIpc) is 2.25. The number of hydrogen-bond donors (Lipinski definition) is 2. The number of amides is 1. The topological polar surface area (TPSA) is 55.1 Å². The molecule has 0 rings (SSSR count). The molecule has 0 aliphatic rings. The van der Waals surface area contributed by atoms with Gasteiger partial charge in [0.05, 0.1) is 0 Å². The highest BCUT2D eigenvalue weighted by Gasteiger charge is 2.13. The Balaban J connectivity index is 3.85. The Kier molecular flexibility index (Phi) is 8.26. The van der Waals surface area contributed by atoms with Crippen molar-refractivity contribution in [1.29, 1.82) is 0 Å². The fourth-order valence-corrected chi connectivity index (χ4v) is 1.82. The van der Waals surface area contributed by atoms with Gasteiger partial charge in [-0.1, -0.05) is 33.6 Å². The van der Waals surface area contributed by atoms with Gasteiger partial charge in [-0.25, -0.2) is 0 Å². The van der Waals surface area contributed by atoms with E-state index < -0.39 is 0 Å². The Morgan fingerprint density at radius 2 is 1.88 bits per heavy atom. The number of nitrogens with one attached hydrogen (secondary N) is 1. The van der Waals surface area contributed by atoms with Crippen molar-refractivity contribution < 1.29 is 4.79 Å². The summed E-state index contributed by atoms with van der Waals surface area (Å²) in [6.07, 6.45) is 3.77. The van der Waals surface area contributed by atoms with Crippen molar-refractivity contribution in [2.75, 3.05) is 6.54 Å². The summed E-state index contributed by atoms with van der Waals surface area (Å²) in [5.74, 6) is 1.15. The van der Waals surface area contributed by atoms with Crippen molar-refractivity contribution in [1.82, 2.24) is 5.32 Å². The lowest BCUT2D eigenvalue weighted by Gasteiger charge is -2.19. The molecule has 0 bridgehead atoms. The Morgan fingerprint density at radius 1 is 1.25 bits per heavy atom. The predicted octanol–water partition coefficient (Wildman–Crippen LogP) is 2.30. The van der Waals surface area contributed by atoms with Gasteiger partial charge in [0.25, 0.3) is 0 Å². The van der Waals surface area contributed by atoms with E-state index in [1.807, 2.05) is 0 Å². The summed E-state index contributed by atoms with van der Waals surface area (Å²) in [7, 11) is 0. The zero-order valence-electron chi connectivity index (χ0n) is 11.3. The van der Waals surface area contributed by atoms with Crippen molar-refractivity contribution in [2.24, 2.45) is 17.6 Å². The molecule has 0 aliphatic heterocycles. The van der Waals surface area contributed by atoms with E-state index >= 15 is 0 Å². The van der Waals surface area contributed by atoms with Gasteiger partial charge in [0, 0.05) is 12.5 Å². The summed E-state index contributed by atoms with van der Waals surface area (Å²) >= 11 is 0. The number of rotatable bonds is 8. The molecule has 0 aromatic rings. The van der Waals surface area contributed by atoms with Gasteiger partial charge < -0.3 is 11.1 Å². The lowest BCUT2D eigenvalue weighted by atomic mass is 9.99. The normalized spacial score (nSPS) is 16.6. The van der Waals surface area contributed by atoms with Crippen LogP contribution in [0.15, 0.2) is 0 Å². The van der Waals surface area contributed by atoms with Crippen molar-refractivity contribution in [2.45, 2.75) is 59.4 Å². The van der Waals surface area contributed by atoms with Gasteiger partial charge in [0.2, 0.25) is 5.91 Å². The van der Waals surface area contributed by atoms with Gasteiger partial charge >= 0.3 is 0 Å². The number of carbonyl (C=O) groups excluding carboxylic acids is 1. The maximum atomic E-state index is 11.7. The first-order chi connectivity index (χ1) is 7.53. The molecule has 3 nitrogen and oxygen atoms in total. The Morgan fingerprint density at radius 3 is 2.31 bits per heavy atom. The average molecular weight is 228 g/mol. The maximum Gasteiger partial charge on any atom is 0.220 e. The third kappa shape index (κ3) is 6.83. The second-order valence-electron chi connectivity index (χ2n) is 4.93. The molecule has 3 unspecified atom stereocenters. The molecule has 0 radical (unpaired) electrons. The smallest absolute Gasteiger partial charge is 0.220 e. The SMILES string of the molecule is CCC(C)CC(C)NC(=O)CC(CC)CN. The molecule has 1 amide bonds. The molecular formula is C13H28N2O. The number of hydrogen-bond acceptors (Lipinski definition) is 2. The maximum absolute atomic E-state index is 11.7. The van der Waals surface area contributed by atoms with Crippen molar-refractivity contribution in [3.63, 3.8) is 0 Å². The van der Waals surface area contributed by atoms with Gasteiger partial charge in [0.15, 0.2) is 0 Å². The van der Waals surface area contributed by atoms with Gasteiger partial charge in [0.1, 0.15) is 0 Å². The van der Waals surface area contributed by atoms with Gasteiger partial charge in [-0.15, -0.1) is 0 Å². The summed E-state index contributed by atoms with van der Waals surface area (Å²) in [6, 6.07) is 0.276. The molecule has 0 spiro atoms. The second-order valence-corrected chi connectivity index (χ2v) is 4.93. The first-order valence-corrected chi connectivity index (χ1v) is 6.52. The van der Waals surface area contributed by atoms with Crippen molar-refractivity contribution >= 4 is 5.91 Å². The summed E-state index contributed by atoms with van der Waals surface area (Å²) < 4.78 is 0. The molecule has 96 valence electrons. The van der Waals surface area contributed by atoms with Crippen LogP contribution in [0.4, 0.5) is 0 Å².